The van der Waals surface area contributed by atoms with Crippen molar-refractivity contribution in [2.75, 3.05) is 19.3 Å². The van der Waals surface area contributed by atoms with Crippen LogP contribution in [-0.2, 0) is 17.8 Å². The maximum Gasteiger partial charge on any atom is 0.407 e. The van der Waals surface area contributed by atoms with E-state index in [4.69, 9.17) is 10.5 Å². The first-order valence-electron chi connectivity index (χ1n) is 10.5. The number of nitrogen functional groups attached to an aromatic ring is 1. The number of alkyl carbamates (subject to hydrolysis) is 1. The standard InChI is InChI=1S/C21H30N8O3/c1-21(2,3)32-20(31)25-9-5-6-11-29-14(12-26-19(30)23-4)28-16-17(29)15-13(27-18(16)22)8-7-10-24-15/h7-8,10H,5-6,9,11-12H2,1-4H3,(H2,22,27)(H,25,31)(H2,23,26,30). The van der Waals surface area contributed by atoms with Crippen LogP contribution in [0.4, 0.5) is 15.4 Å². The number of urea groups is 1. The number of carbonyl (C=O) groups is 2. The van der Waals surface area contributed by atoms with Gasteiger partial charge in [-0.25, -0.2) is 19.6 Å². The summed E-state index contributed by atoms with van der Waals surface area (Å²) in [6.45, 7) is 6.78. The van der Waals surface area contributed by atoms with E-state index in [-0.39, 0.29) is 12.6 Å². The molecule has 3 amide bonds. The van der Waals surface area contributed by atoms with E-state index in [1.54, 1.807) is 19.3 Å². The number of aryl methyl sites for hydroxylation is 1. The van der Waals surface area contributed by atoms with Crippen molar-refractivity contribution in [3.63, 3.8) is 0 Å². The molecular formula is C21H30N8O3. The number of hydrogen-bond acceptors (Lipinski definition) is 7. The number of amides is 3. The largest absolute Gasteiger partial charge is 0.444 e. The van der Waals surface area contributed by atoms with Crippen LogP contribution in [0.2, 0.25) is 0 Å². The Kier molecular flexibility index (Phi) is 6.96. The number of pyridine rings is 2. The normalized spacial score (nSPS) is 11.5. The third kappa shape index (κ3) is 5.54. The highest BCUT2D eigenvalue weighted by atomic mass is 16.6. The molecule has 0 bridgehead atoms. The number of anilines is 1. The molecule has 0 saturated carbocycles. The highest BCUT2D eigenvalue weighted by Gasteiger charge is 2.19. The zero-order valence-corrected chi connectivity index (χ0v) is 18.9. The molecule has 3 rings (SSSR count). The topological polar surface area (TPSA) is 149 Å². The molecule has 11 nitrogen and oxygen atoms in total. The Labute approximate surface area is 186 Å². The van der Waals surface area contributed by atoms with E-state index >= 15 is 0 Å². The number of imidazole rings is 1. The van der Waals surface area contributed by atoms with Crippen molar-refractivity contribution < 1.29 is 14.3 Å². The summed E-state index contributed by atoms with van der Waals surface area (Å²) in [5.74, 6) is 0.961. The number of ether oxygens (including phenoxy) is 1. The second-order valence-corrected chi connectivity index (χ2v) is 8.31. The Hall–Kier alpha value is -3.63. The molecule has 0 aromatic carbocycles. The number of nitrogens with zero attached hydrogens (tertiary/aromatic N) is 4. The fourth-order valence-electron chi connectivity index (χ4n) is 3.29. The highest BCUT2D eigenvalue weighted by molar-refractivity contribution is 6.04. The summed E-state index contributed by atoms with van der Waals surface area (Å²) in [6, 6.07) is 3.35. The molecule has 0 aliphatic heterocycles. The second-order valence-electron chi connectivity index (χ2n) is 8.31. The van der Waals surface area contributed by atoms with Gasteiger partial charge in [0.15, 0.2) is 5.82 Å². The molecule has 3 aromatic heterocycles. The summed E-state index contributed by atoms with van der Waals surface area (Å²) < 4.78 is 7.26. The van der Waals surface area contributed by atoms with Crippen LogP contribution in [0.1, 0.15) is 39.4 Å². The van der Waals surface area contributed by atoms with Gasteiger partial charge < -0.3 is 31.0 Å². The molecule has 172 valence electrons. The Morgan fingerprint density at radius 3 is 2.66 bits per heavy atom. The Morgan fingerprint density at radius 1 is 1.16 bits per heavy atom. The Balaban J connectivity index is 1.80. The van der Waals surface area contributed by atoms with Crippen molar-refractivity contribution in [1.82, 2.24) is 35.5 Å². The van der Waals surface area contributed by atoms with Crippen molar-refractivity contribution in [2.45, 2.75) is 52.3 Å². The molecule has 0 radical (unpaired) electrons. The molecule has 32 heavy (non-hydrogen) atoms. The van der Waals surface area contributed by atoms with Crippen LogP contribution in [0.3, 0.4) is 0 Å². The number of hydrogen-bond donors (Lipinski definition) is 4. The van der Waals surface area contributed by atoms with Gasteiger partial charge >= 0.3 is 12.1 Å². The summed E-state index contributed by atoms with van der Waals surface area (Å²) in [6.07, 6.45) is 2.75. The molecule has 3 heterocycles. The number of unbranched alkanes of at least 4 members (excludes halogenated alkanes) is 1. The van der Waals surface area contributed by atoms with Gasteiger partial charge in [0.25, 0.3) is 0 Å². The van der Waals surface area contributed by atoms with Gasteiger partial charge in [0.05, 0.1) is 12.1 Å². The zero-order valence-electron chi connectivity index (χ0n) is 18.9. The quantitative estimate of drug-likeness (QED) is 0.410. The molecule has 0 saturated heterocycles. The molecule has 0 aliphatic rings. The minimum atomic E-state index is -0.533. The summed E-state index contributed by atoms with van der Waals surface area (Å²) in [7, 11) is 1.55. The average Bonchev–Trinajstić information content (AvgIpc) is 3.10. The van der Waals surface area contributed by atoms with Gasteiger partial charge in [0.2, 0.25) is 0 Å². The van der Waals surface area contributed by atoms with Crippen molar-refractivity contribution in [2.24, 2.45) is 0 Å². The predicted octanol–water partition coefficient (Wildman–Crippen LogP) is 2.30. The third-order valence-corrected chi connectivity index (χ3v) is 4.65. The number of nitrogens with two attached hydrogens (primary N) is 1. The third-order valence-electron chi connectivity index (χ3n) is 4.65. The molecule has 0 unspecified atom stereocenters. The summed E-state index contributed by atoms with van der Waals surface area (Å²) >= 11 is 0. The fourth-order valence-corrected chi connectivity index (χ4v) is 3.29. The smallest absolute Gasteiger partial charge is 0.407 e. The van der Waals surface area contributed by atoms with Crippen LogP contribution in [0.5, 0.6) is 0 Å². The molecule has 11 heteroatoms. The van der Waals surface area contributed by atoms with Crippen molar-refractivity contribution in [1.29, 1.82) is 0 Å². The first-order chi connectivity index (χ1) is 15.2. The SMILES string of the molecule is CNC(=O)NCc1nc2c(N)nc3cccnc3c2n1CCCCNC(=O)OC(C)(C)C. The highest BCUT2D eigenvalue weighted by Crippen LogP contribution is 2.27. The zero-order chi connectivity index (χ0) is 23.3. The van der Waals surface area contributed by atoms with E-state index in [1.165, 1.54) is 0 Å². The molecular weight excluding hydrogens is 412 g/mol. The first-order valence-corrected chi connectivity index (χ1v) is 10.5. The van der Waals surface area contributed by atoms with E-state index < -0.39 is 11.7 Å². The van der Waals surface area contributed by atoms with Crippen molar-refractivity contribution >= 4 is 40.0 Å². The van der Waals surface area contributed by atoms with E-state index in [2.05, 4.69) is 30.9 Å². The van der Waals surface area contributed by atoms with E-state index in [0.29, 0.717) is 41.3 Å². The van der Waals surface area contributed by atoms with Gasteiger partial charge in [0.1, 0.15) is 28.0 Å². The number of rotatable bonds is 7. The predicted molar refractivity (Wildman–Crippen MR) is 122 cm³/mol. The molecule has 0 spiro atoms. The van der Waals surface area contributed by atoms with Crippen LogP contribution >= 0.6 is 0 Å². The van der Waals surface area contributed by atoms with Gasteiger partial charge in [-0.3, -0.25) is 4.98 Å². The number of aromatic nitrogens is 4. The number of nitrogens with one attached hydrogen (secondary N) is 3. The van der Waals surface area contributed by atoms with Gasteiger partial charge in [-0.05, 0) is 45.7 Å². The molecule has 0 aliphatic carbocycles. The van der Waals surface area contributed by atoms with Gasteiger partial charge in [-0.15, -0.1) is 0 Å². The Bertz CT molecular complexity index is 1120. The molecule has 0 fully saturated rings. The maximum absolute atomic E-state index is 11.8. The minimum absolute atomic E-state index is 0.221. The van der Waals surface area contributed by atoms with Crippen molar-refractivity contribution in [3.8, 4) is 0 Å². The average molecular weight is 443 g/mol. The molecule has 5 N–H and O–H groups in total. The lowest BCUT2D eigenvalue weighted by molar-refractivity contribution is 0.0527. The number of fused-ring (bicyclic) bond motifs is 3. The molecule has 0 atom stereocenters. The van der Waals surface area contributed by atoms with E-state index in [9.17, 15) is 9.59 Å². The summed E-state index contributed by atoms with van der Waals surface area (Å²) in [5.41, 5.74) is 8.34. The fraction of sp³-hybridized carbons (Fsp3) is 0.476. The van der Waals surface area contributed by atoms with Crippen LogP contribution in [0, 0.1) is 0 Å². The minimum Gasteiger partial charge on any atom is -0.444 e. The monoisotopic (exact) mass is 442 g/mol. The van der Waals surface area contributed by atoms with Crippen LogP contribution in [0.25, 0.3) is 22.1 Å². The van der Waals surface area contributed by atoms with Gasteiger partial charge in [0, 0.05) is 26.3 Å². The lowest BCUT2D eigenvalue weighted by Crippen LogP contribution is -2.33. The van der Waals surface area contributed by atoms with E-state index in [0.717, 1.165) is 18.4 Å². The van der Waals surface area contributed by atoms with Gasteiger partial charge in [-0.1, -0.05) is 0 Å². The number of carbonyl (C=O) groups excluding carboxylic acids is 2. The van der Waals surface area contributed by atoms with Crippen LogP contribution < -0.4 is 21.7 Å². The first kappa shape index (κ1) is 23.0. The van der Waals surface area contributed by atoms with Gasteiger partial charge in [-0.2, -0.15) is 0 Å². The molecule has 3 aromatic rings. The summed E-state index contributed by atoms with van der Waals surface area (Å²) in [5, 5.41) is 8.06. The van der Waals surface area contributed by atoms with E-state index in [1.807, 2.05) is 31.4 Å². The second kappa shape index (κ2) is 9.67. The lowest BCUT2D eigenvalue weighted by Gasteiger charge is -2.19. The van der Waals surface area contributed by atoms with Crippen LogP contribution in [0.15, 0.2) is 18.3 Å². The lowest BCUT2D eigenvalue weighted by atomic mass is 10.2. The maximum atomic E-state index is 11.8. The van der Waals surface area contributed by atoms with Crippen LogP contribution in [-0.4, -0.2) is 50.8 Å². The van der Waals surface area contributed by atoms with Crippen molar-refractivity contribution in [3.05, 3.63) is 24.2 Å². The summed E-state index contributed by atoms with van der Waals surface area (Å²) in [4.78, 5) is 37.0. The Morgan fingerprint density at radius 2 is 1.94 bits per heavy atom.